The van der Waals surface area contributed by atoms with Gasteiger partial charge in [-0.25, -0.2) is 0 Å². The fraction of sp³-hybridized carbons (Fsp3) is 0.381. The third kappa shape index (κ3) is 4.46. The number of piperazine rings is 1. The molecule has 0 radical (unpaired) electrons. The lowest BCUT2D eigenvalue weighted by Crippen LogP contribution is -2.50. The maximum Gasteiger partial charge on any atom is 0.239 e. The number of anilines is 1. The van der Waals surface area contributed by atoms with Gasteiger partial charge in [0.1, 0.15) is 17.1 Å². The Morgan fingerprint density at radius 3 is 2.70 bits per heavy atom. The summed E-state index contributed by atoms with van der Waals surface area (Å²) in [5.74, 6) is 1.67. The highest BCUT2D eigenvalue weighted by Crippen LogP contribution is 2.26. The molecular formula is C21H24N4O5. The van der Waals surface area contributed by atoms with Gasteiger partial charge < -0.3 is 23.9 Å². The van der Waals surface area contributed by atoms with Gasteiger partial charge >= 0.3 is 0 Å². The molecule has 4 rings (SSSR count). The van der Waals surface area contributed by atoms with E-state index in [1.807, 2.05) is 28.0 Å². The number of hydrogen-bond acceptors (Lipinski definition) is 7. The first-order valence-electron chi connectivity index (χ1n) is 9.79. The van der Waals surface area contributed by atoms with Crippen LogP contribution in [0.2, 0.25) is 0 Å². The third-order valence-corrected chi connectivity index (χ3v) is 5.19. The van der Waals surface area contributed by atoms with Crippen molar-refractivity contribution in [2.24, 2.45) is 0 Å². The summed E-state index contributed by atoms with van der Waals surface area (Å²) in [5, 5.41) is 7.39. The first-order chi connectivity index (χ1) is 14.5. The molecule has 2 aromatic heterocycles. The quantitative estimate of drug-likeness (QED) is 0.661. The van der Waals surface area contributed by atoms with Crippen LogP contribution in [0, 0.1) is 6.92 Å². The summed E-state index contributed by atoms with van der Waals surface area (Å²) in [4.78, 5) is 28.8. The van der Waals surface area contributed by atoms with Crippen molar-refractivity contribution >= 4 is 28.6 Å². The van der Waals surface area contributed by atoms with E-state index in [1.54, 1.807) is 26.4 Å². The smallest absolute Gasteiger partial charge is 0.239 e. The number of amides is 2. The minimum Gasteiger partial charge on any atom is -0.497 e. The van der Waals surface area contributed by atoms with E-state index < -0.39 is 0 Å². The predicted octanol–water partition coefficient (Wildman–Crippen LogP) is 2.06. The number of hydrogen-bond donors (Lipinski definition) is 1. The number of ether oxygens (including phenoxy) is 1. The highest BCUT2D eigenvalue weighted by molar-refractivity contribution is 5.91. The number of nitrogens with zero attached hydrogens (tertiary/aromatic N) is 3. The fourth-order valence-corrected chi connectivity index (χ4v) is 3.57. The van der Waals surface area contributed by atoms with Gasteiger partial charge in [-0.1, -0.05) is 5.16 Å². The first kappa shape index (κ1) is 20.0. The highest BCUT2D eigenvalue weighted by atomic mass is 16.5. The molecule has 1 aliphatic heterocycles. The zero-order valence-electron chi connectivity index (χ0n) is 17.0. The Labute approximate surface area is 173 Å². The van der Waals surface area contributed by atoms with Gasteiger partial charge in [-0.3, -0.25) is 14.5 Å². The zero-order valence-corrected chi connectivity index (χ0v) is 17.0. The molecule has 3 aromatic rings. The normalized spacial score (nSPS) is 14.8. The molecule has 9 heteroatoms. The van der Waals surface area contributed by atoms with Crippen molar-refractivity contribution in [1.82, 2.24) is 15.0 Å². The monoisotopic (exact) mass is 412 g/mol. The number of methoxy groups -OCH3 is 1. The number of aryl methyl sites for hydroxylation is 1. The van der Waals surface area contributed by atoms with E-state index in [1.165, 1.54) is 0 Å². The molecule has 0 spiro atoms. The number of nitrogens with one attached hydrogen (secondary N) is 1. The summed E-state index contributed by atoms with van der Waals surface area (Å²) in [5.41, 5.74) is 1.57. The second-order valence-electron chi connectivity index (χ2n) is 7.33. The molecule has 1 N–H and O–H groups in total. The average Bonchev–Trinajstić information content (AvgIpc) is 3.33. The third-order valence-electron chi connectivity index (χ3n) is 5.19. The van der Waals surface area contributed by atoms with Gasteiger partial charge in [-0.15, -0.1) is 0 Å². The summed E-state index contributed by atoms with van der Waals surface area (Å²) in [7, 11) is 1.60. The van der Waals surface area contributed by atoms with Crippen LogP contribution < -0.4 is 10.1 Å². The van der Waals surface area contributed by atoms with Crippen molar-refractivity contribution < 1.29 is 23.3 Å². The van der Waals surface area contributed by atoms with E-state index in [0.717, 1.165) is 10.9 Å². The molecule has 0 saturated carbocycles. The molecule has 9 nitrogen and oxygen atoms in total. The number of rotatable bonds is 6. The molecule has 0 atom stereocenters. The van der Waals surface area contributed by atoms with Gasteiger partial charge in [-0.05, 0) is 19.1 Å². The molecule has 1 aliphatic rings. The van der Waals surface area contributed by atoms with E-state index in [4.69, 9.17) is 13.7 Å². The van der Waals surface area contributed by atoms with E-state index in [2.05, 4.69) is 10.5 Å². The van der Waals surface area contributed by atoms with Crippen LogP contribution in [0.1, 0.15) is 11.3 Å². The lowest BCUT2D eigenvalue weighted by molar-refractivity contribution is -0.132. The lowest BCUT2D eigenvalue weighted by Gasteiger charge is -2.34. The molecule has 2 amide bonds. The molecule has 0 unspecified atom stereocenters. The largest absolute Gasteiger partial charge is 0.497 e. The summed E-state index contributed by atoms with van der Waals surface area (Å²) >= 11 is 0. The molecule has 1 fully saturated rings. The standard InChI is InChI=1S/C21H24N4O5/c1-14-9-19(23-30-14)22-20(26)12-24-5-7-25(8-6-24)21(27)10-15-13-29-18-11-16(28-2)3-4-17(15)18/h3-4,9,11,13H,5-8,10,12H2,1-2H3,(H,22,23,26). The number of benzene rings is 1. The van der Waals surface area contributed by atoms with E-state index in [0.29, 0.717) is 49.1 Å². The van der Waals surface area contributed by atoms with Crippen LogP contribution >= 0.6 is 0 Å². The number of carbonyl (C=O) groups is 2. The van der Waals surface area contributed by atoms with Crippen LogP contribution in [-0.2, 0) is 16.0 Å². The maximum absolute atomic E-state index is 12.7. The summed E-state index contributed by atoms with van der Waals surface area (Å²) in [6.07, 6.45) is 1.92. The molecule has 1 aromatic carbocycles. The molecule has 0 aliphatic carbocycles. The van der Waals surface area contributed by atoms with Crippen LogP contribution in [0.3, 0.4) is 0 Å². The molecule has 30 heavy (non-hydrogen) atoms. The summed E-state index contributed by atoms with van der Waals surface area (Å²) in [6.45, 7) is 4.46. The van der Waals surface area contributed by atoms with Crippen LogP contribution in [0.4, 0.5) is 5.82 Å². The van der Waals surface area contributed by atoms with Gasteiger partial charge in [-0.2, -0.15) is 0 Å². The van der Waals surface area contributed by atoms with Crippen LogP contribution in [0.25, 0.3) is 11.0 Å². The Morgan fingerprint density at radius 2 is 2.00 bits per heavy atom. The van der Waals surface area contributed by atoms with Gasteiger partial charge in [0.2, 0.25) is 11.8 Å². The second-order valence-corrected chi connectivity index (χ2v) is 7.33. The Hall–Kier alpha value is -3.33. The lowest BCUT2D eigenvalue weighted by atomic mass is 10.1. The van der Waals surface area contributed by atoms with E-state index >= 15 is 0 Å². The second kappa shape index (κ2) is 8.58. The number of furan rings is 1. The Kier molecular flexibility index (Phi) is 5.71. The van der Waals surface area contributed by atoms with Crippen LogP contribution in [0.5, 0.6) is 5.75 Å². The van der Waals surface area contributed by atoms with Crippen LogP contribution in [0.15, 0.2) is 39.5 Å². The average molecular weight is 412 g/mol. The van der Waals surface area contributed by atoms with Gasteiger partial charge in [0.25, 0.3) is 0 Å². The minimum atomic E-state index is -0.150. The van der Waals surface area contributed by atoms with Crippen molar-refractivity contribution in [1.29, 1.82) is 0 Å². The first-order valence-corrected chi connectivity index (χ1v) is 9.79. The minimum absolute atomic E-state index is 0.0516. The molecule has 0 bridgehead atoms. The van der Waals surface area contributed by atoms with Crippen molar-refractivity contribution in [2.45, 2.75) is 13.3 Å². The Balaban J connectivity index is 1.27. The van der Waals surface area contributed by atoms with E-state index in [9.17, 15) is 9.59 Å². The highest BCUT2D eigenvalue weighted by Gasteiger charge is 2.23. The predicted molar refractivity (Wildman–Crippen MR) is 109 cm³/mol. The van der Waals surface area contributed by atoms with Crippen molar-refractivity contribution in [3.8, 4) is 5.75 Å². The number of carbonyl (C=O) groups excluding carboxylic acids is 2. The van der Waals surface area contributed by atoms with Crippen molar-refractivity contribution in [2.75, 3.05) is 45.2 Å². The van der Waals surface area contributed by atoms with Gasteiger partial charge in [0, 0.05) is 49.3 Å². The zero-order chi connectivity index (χ0) is 21.1. The van der Waals surface area contributed by atoms with E-state index in [-0.39, 0.29) is 24.8 Å². The summed E-state index contributed by atoms with van der Waals surface area (Å²) < 4.78 is 15.7. The summed E-state index contributed by atoms with van der Waals surface area (Å²) in [6, 6.07) is 7.25. The Morgan fingerprint density at radius 1 is 1.20 bits per heavy atom. The van der Waals surface area contributed by atoms with Crippen molar-refractivity contribution in [3.05, 3.63) is 41.9 Å². The maximum atomic E-state index is 12.7. The number of aromatic nitrogens is 1. The van der Waals surface area contributed by atoms with Crippen LogP contribution in [-0.4, -0.2) is 66.6 Å². The molecule has 3 heterocycles. The molecular weight excluding hydrogens is 388 g/mol. The topological polar surface area (TPSA) is 101 Å². The molecule has 1 saturated heterocycles. The fourth-order valence-electron chi connectivity index (χ4n) is 3.57. The van der Waals surface area contributed by atoms with Gasteiger partial charge in [0.15, 0.2) is 5.82 Å². The van der Waals surface area contributed by atoms with Gasteiger partial charge in [0.05, 0.1) is 26.3 Å². The SMILES string of the molecule is COc1ccc2c(CC(=O)N3CCN(CC(=O)Nc4cc(C)on4)CC3)coc2c1. The number of fused-ring (bicyclic) bond motifs is 1. The Bertz CT molecular complexity index is 1050. The van der Waals surface area contributed by atoms with Crippen molar-refractivity contribution in [3.63, 3.8) is 0 Å². The molecule has 158 valence electrons.